The molecule has 1 rings (SSSR count). The van der Waals surface area contributed by atoms with Crippen molar-refractivity contribution >= 4 is 18.3 Å². The van der Waals surface area contributed by atoms with Crippen molar-refractivity contribution in [1.82, 2.24) is 5.32 Å². The predicted octanol–water partition coefficient (Wildman–Crippen LogP) is 1.88. The van der Waals surface area contributed by atoms with Crippen LogP contribution in [0, 0.1) is 6.92 Å². The van der Waals surface area contributed by atoms with Crippen molar-refractivity contribution in [3.63, 3.8) is 0 Å². The summed E-state index contributed by atoms with van der Waals surface area (Å²) in [5.74, 6) is -0.0197. The fourth-order valence-electron chi connectivity index (χ4n) is 1.34. The highest BCUT2D eigenvalue weighted by atomic mass is 35.5. The molecule has 0 aromatic heterocycles. The van der Waals surface area contributed by atoms with Crippen molar-refractivity contribution in [2.24, 2.45) is 5.73 Å². The van der Waals surface area contributed by atoms with Crippen LogP contribution in [0.1, 0.15) is 29.3 Å². The Labute approximate surface area is 103 Å². The van der Waals surface area contributed by atoms with E-state index in [1.807, 2.05) is 38.1 Å². The molecule has 0 bridgehead atoms. The molecule has 4 heteroatoms. The van der Waals surface area contributed by atoms with Crippen LogP contribution in [-0.4, -0.2) is 18.5 Å². The highest BCUT2D eigenvalue weighted by Gasteiger charge is 2.06. The molecule has 3 N–H and O–H groups in total. The zero-order chi connectivity index (χ0) is 11.3. The summed E-state index contributed by atoms with van der Waals surface area (Å²) in [6.45, 7) is 4.49. The number of nitrogens with two attached hydrogens (primary N) is 1. The summed E-state index contributed by atoms with van der Waals surface area (Å²) in [6, 6.07) is 7.68. The molecule has 3 nitrogen and oxygen atoms in total. The van der Waals surface area contributed by atoms with Gasteiger partial charge in [-0.15, -0.1) is 12.4 Å². The quantitative estimate of drug-likeness (QED) is 0.847. The van der Waals surface area contributed by atoms with Crippen LogP contribution in [0.2, 0.25) is 0 Å². The molecule has 1 aromatic rings. The fraction of sp³-hybridized carbons (Fsp3) is 0.417. The molecule has 0 saturated heterocycles. The van der Waals surface area contributed by atoms with Gasteiger partial charge in [-0.1, -0.05) is 18.2 Å². The van der Waals surface area contributed by atoms with Gasteiger partial charge in [0.25, 0.3) is 5.91 Å². The van der Waals surface area contributed by atoms with Crippen molar-refractivity contribution in [3.8, 4) is 0 Å². The summed E-state index contributed by atoms with van der Waals surface area (Å²) in [6.07, 6.45) is 0.803. The Morgan fingerprint density at radius 1 is 1.44 bits per heavy atom. The van der Waals surface area contributed by atoms with Crippen LogP contribution in [0.25, 0.3) is 0 Å². The van der Waals surface area contributed by atoms with Gasteiger partial charge >= 0.3 is 0 Å². The van der Waals surface area contributed by atoms with Crippen molar-refractivity contribution < 1.29 is 4.79 Å². The number of hydrogen-bond donors (Lipinski definition) is 2. The lowest BCUT2D eigenvalue weighted by Crippen LogP contribution is -2.29. The molecule has 1 atom stereocenters. The number of carbonyl (C=O) groups excluding carboxylic acids is 1. The maximum absolute atomic E-state index is 11.7. The Kier molecular flexibility index (Phi) is 6.77. The molecule has 90 valence electrons. The van der Waals surface area contributed by atoms with Crippen LogP contribution < -0.4 is 11.1 Å². The van der Waals surface area contributed by atoms with Gasteiger partial charge in [-0.3, -0.25) is 4.79 Å². The molecule has 0 aliphatic rings. The number of aryl methyl sites for hydroxylation is 1. The van der Waals surface area contributed by atoms with Gasteiger partial charge in [0, 0.05) is 18.2 Å². The first kappa shape index (κ1) is 14.9. The summed E-state index contributed by atoms with van der Waals surface area (Å²) in [4.78, 5) is 11.7. The summed E-state index contributed by atoms with van der Waals surface area (Å²) < 4.78 is 0. The van der Waals surface area contributed by atoms with E-state index in [1.54, 1.807) is 0 Å². The lowest BCUT2D eigenvalue weighted by Gasteiger charge is -2.08. The van der Waals surface area contributed by atoms with Crippen LogP contribution in [0.5, 0.6) is 0 Å². The summed E-state index contributed by atoms with van der Waals surface area (Å²) >= 11 is 0. The van der Waals surface area contributed by atoms with Crippen LogP contribution >= 0.6 is 12.4 Å². The summed E-state index contributed by atoms with van der Waals surface area (Å²) in [7, 11) is 0. The van der Waals surface area contributed by atoms with Gasteiger partial charge in [0.15, 0.2) is 0 Å². The van der Waals surface area contributed by atoms with E-state index in [0.717, 1.165) is 17.5 Å². The van der Waals surface area contributed by atoms with E-state index in [9.17, 15) is 4.79 Å². The number of benzene rings is 1. The Balaban J connectivity index is 0.00000225. The molecule has 1 amide bonds. The number of amides is 1. The summed E-state index contributed by atoms with van der Waals surface area (Å²) in [5.41, 5.74) is 7.33. The van der Waals surface area contributed by atoms with E-state index in [0.29, 0.717) is 6.54 Å². The van der Waals surface area contributed by atoms with Gasteiger partial charge in [-0.05, 0) is 31.9 Å². The molecule has 0 radical (unpaired) electrons. The first-order chi connectivity index (χ1) is 7.11. The third-order valence-corrected chi connectivity index (χ3v) is 2.27. The van der Waals surface area contributed by atoms with Crippen LogP contribution in [0.3, 0.4) is 0 Å². The molecule has 0 heterocycles. The van der Waals surface area contributed by atoms with E-state index >= 15 is 0 Å². The normalized spacial score (nSPS) is 11.4. The maximum Gasteiger partial charge on any atom is 0.251 e. The van der Waals surface area contributed by atoms with E-state index in [1.165, 1.54) is 0 Å². The zero-order valence-electron chi connectivity index (χ0n) is 9.69. The SMILES string of the molecule is Cc1ccccc1C(=O)NCCC(C)N.Cl. The van der Waals surface area contributed by atoms with Crippen molar-refractivity contribution in [2.45, 2.75) is 26.3 Å². The molecular weight excluding hydrogens is 224 g/mol. The molecule has 0 aliphatic heterocycles. The highest BCUT2D eigenvalue weighted by Crippen LogP contribution is 2.06. The Bertz CT molecular complexity index is 340. The van der Waals surface area contributed by atoms with Gasteiger partial charge in [0.05, 0.1) is 0 Å². The van der Waals surface area contributed by atoms with E-state index in [2.05, 4.69) is 5.32 Å². The standard InChI is InChI=1S/C12H18N2O.ClH/c1-9-5-3-4-6-11(9)12(15)14-8-7-10(2)13;/h3-6,10H,7-8,13H2,1-2H3,(H,14,15);1H. The Morgan fingerprint density at radius 3 is 2.62 bits per heavy atom. The lowest BCUT2D eigenvalue weighted by molar-refractivity contribution is 0.0952. The molecule has 0 saturated carbocycles. The number of hydrogen-bond acceptors (Lipinski definition) is 2. The van der Waals surface area contributed by atoms with Crippen molar-refractivity contribution in [1.29, 1.82) is 0 Å². The largest absolute Gasteiger partial charge is 0.352 e. The number of rotatable bonds is 4. The number of halogens is 1. The molecule has 0 fully saturated rings. The minimum absolute atomic E-state index is 0. The average molecular weight is 243 g/mol. The molecule has 16 heavy (non-hydrogen) atoms. The highest BCUT2D eigenvalue weighted by molar-refractivity contribution is 5.95. The second-order valence-corrected chi connectivity index (χ2v) is 3.84. The third kappa shape index (κ3) is 4.64. The molecule has 1 aromatic carbocycles. The van der Waals surface area contributed by atoms with Gasteiger partial charge in [0.1, 0.15) is 0 Å². The first-order valence-corrected chi connectivity index (χ1v) is 5.20. The number of nitrogens with one attached hydrogen (secondary N) is 1. The van der Waals surface area contributed by atoms with E-state index in [4.69, 9.17) is 5.73 Å². The monoisotopic (exact) mass is 242 g/mol. The smallest absolute Gasteiger partial charge is 0.251 e. The molecular formula is C12H19ClN2O. The van der Waals surface area contributed by atoms with Crippen molar-refractivity contribution in [3.05, 3.63) is 35.4 Å². The average Bonchev–Trinajstić information content (AvgIpc) is 2.17. The van der Waals surface area contributed by atoms with Gasteiger partial charge in [-0.25, -0.2) is 0 Å². The lowest BCUT2D eigenvalue weighted by atomic mass is 10.1. The maximum atomic E-state index is 11.7. The van der Waals surface area contributed by atoms with E-state index in [-0.39, 0.29) is 24.4 Å². The van der Waals surface area contributed by atoms with Gasteiger partial charge < -0.3 is 11.1 Å². The van der Waals surface area contributed by atoms with Crippen molar-refractivity contribution in [2.75, 3.05) is 6.54 Å². The predicted molar refractivity (Wildman–Crippen MR) is 69.0 cm³/mol. The minimum atomic E-state index is -0.0197. The summed E-state index contributed by atoms with van der Waals surface area (Å²) in [5, 5.41) is 2.85. The zero-order valence-corrected chi connectivity index (χ0v) is 10.5. The molecule has 0 aliphatic carbocycles. The topological polar surface area (TPSA) is 55.1 Å². The minimum Gasteiger partial charge on any atom is -0.352 e. The van der Waals surface area contributed by atoms with E-state index < -0.39 is 0 Å². The Morgan fingerprint density at radius 2 is 2.06 bits per heavy atom. The molecule has 0 spiro atoms. The fourth-order valence-corrected chi connectivity index (χ4v) is 1.34. The number of carbonyl (C=O) groups is 1. The van der Waals surface area contributed by atoms with Gasteiger partial charge in [0.2, 0.25) is 0 Å². The van der Waals surface area contributed by atoms with Crippen LogP contribution in [0.15, 0.2) is 24.3 Å². The third-order valence-electron chi connectivity index (χ3n) is 2.27. The van der Waals surface area contributed by atoms with Crippen LogP contribution in [-0.2, 0) is 0 Å². The van der Waals surface area contributed by atoms with Gasteiger partial charge in [-0.2, -0.15) is 0 Å². The Hall–Kier alpha value is -1.06. The second kappa shape index (κ2) is 7.25. The molecule has 1 unspecified atom stereocenters. The van der Waals surface area contributed by atoms with Crippen LogP contribution in [0.4, 0.5) is 0 Å². The first-order valence-electron chi connectivity index (χ1n) is 5.20. The second-order valence-electron chi connectivity index (χ2n) is 3.84.